The summed E-state index contributed by atoms with van der Waals surface area (Å²) in [6.45, 7) is 0.284. The largest absolute Gasteiger partial charge is 0.377 e. The molecule has 1 aliphatic rings. The highest BCUT2D eigenvalue weighted by Crippen LogP contribution is 2.30. The summed E-state index contributed by atoms with van der Waals surface area (Å²) < 4.78 is 24.4. The molecule has 1 heterocycles. The molecule has 4 nitrogen and oxygen atoms in total. The molecule has 2 rings (SSSR count). The Kier molecular flexibility index (Phi) is 4.45. The van der Waals surface area contributed by atoms with E-state index in [2.05, 4.69) is 21.2 Å². The van der Waals surface area contributed by atoms with Crippen molar-refractivity contribution in [1.29, 1.82) is 0 Å². The van der Waals surface area contributed by atoms with E-state index in [4.69, 9.17) is 17.3 Å². The van der Waals surface area contributed by atoms with Gasteiger partial charge in [-0.2, -0.15) is 0 Å². The van der Waals surface area contributed by atoms with Gasteiger partial charge >= 0.3 is 0 Å². The summed E-state index contributed by atoms with van der Waals surface area (Å²) in [7, 11) is -3.02. The van der Waals surface area contributed by atoms with Crippen molar-refractivity contribution >= 4 is 43.1 Å². The maximum absolute atomic E-state index is 11.8. The van der Waals surface area contributed by atoms with Gasteiger partial charge in [-0.3, -0.25) is 0 Å². The Morgan fingerprint density at radius 2 is 2.21 bits per heavy atom. The molecule has 0 aliphatic carbocycles. The van der Waals surface area contributed by atoms with E-state index in [0.717, 1.165) is 16.6 Å². The molecular formula is C12H16BrClN2O2S. The van der Waals surface area contributed by atoms with Crippen LogP contribution >= 0.6 is 27.5 Å². The molecule has 1 aliphatic heterocycles. The molecule has 0 amide bonds. The van der Waals surface area contributed by atoms with Crippen molar-refractivity contribution in [2.24, 2.45) is 5.73 Å². The molecule has 19 heavy (non-hydrogen) atoms. The predicted octanol–water partition coefficient (Wildman–Crippen LogP) is 2.42. The van der Waals surface area contributed by atoms with Crippen molar-refractivity contribution in [2.45, 2.75) is 18.4 Å². The van der Waals surface area contributed by atoms with Crippen LogP contribution in [-0.2, 0) is 9.84 Å². The molecule has 7 heteroatoms. The number of sulfone groups is 1. The number of hydrogen-bond donors (Lipinski definition) is 2. The van der Waals surface area contributed by atoms with Crippen LogP contribution < -0.4 is 11.1 Å². The average Bonchev–Trinajstić information content (AvgIpc) is 2.33. The fraction of sp³-hybridized carbons (Fsp3) is 0.500. The summed E-state index contributed by atoms with van der Waals surface area (Å²) in [6.07, 6.45) is 1.39. The molecule has 0 radical (unpaired) electrons. The van der Waals surface area contributed by atoms with Crippen molar-refractivity contribution in [3.8, 4) is 0 Å². The first-order valence-electron chi connectivity index (χ1n) is 6.00. The molecule has 3 N–H and O–H groups in total. The lowest BCUT2D eigenvalue weighted by atomic mass is 9.95. The van der Waals surface area contributed by atoms with Gasteiger partial charge in [0.15, 0.2) is 9.84 Å². The van der Waals surface area contributed by atoms with Gasteiger partial charge in [-0.15, -0.1) is 0 Å². The summed E-state index contributed by atoms with van der Waals surface area (Å²) in [5.74, 6) is 0.331. The van der Waals surface area contributed by atoms with Crippen molar-refractivity contribution in [3.05, 3.63) is 27.7 Å². The predicted molar refractivity (Wildman–Crippen MR) is 82.4 cm³/mol. The molecule has 0 bridgehead atoms. The minimum atomic E-state index is -3.02. The molecular weight excluding hydrogens is 352 g/mol. The second-order valence-electron chi connectivity index (χ2n) is 4.93. The van der Waals surface area contributed by atoms with Crippen molar-refractivity contribution in [1.82, 2.24) is 0 Å². The molecule has 1 atom stereocenters. The van der Waals surface area contributed by atoms with Crippen LogP contribution in [0.3, 0.4) is 0 Å². The lowest BCUT2D eigenvalue weighted by Crippen LogP contribution is -2.53. The fourth-order valence-corrected chi connectivity index (χ4v) is 4.79. The van der Waals surface area contributed by atoms with E-state index >= 15 is 0 Å². The Morgan fingerprint density at radius 1 is 1.47 bits per heavy atom. The lowest BCUT2D eigenvalue weighted by Gasteiger charge is -2.37. The zero-order chi connectivity index (χ0) is 14.1. The Bertz CT molecular complexity index is 579. The highest BCUT2D eigenvalue weighted by Gasteiger charge is 2.37. The highest BCUT2D eigenvalue weighted by molar-refractivity contribution is 9.10. The molecule has 0 saturated carbocycles. The first-order valence-corrected chi connectivity index (χ1v) is 8.99. The van der Waals surface area contributed by atoms with E-state index in [-0.39, 0.29) is 18.1 Å². The zero-order valence-corrected chi connectivity index (χ0v) is 13.5. The van der Waals surface area contributed by atoms with Crippen LogP contribution in [0.2, 0.25) is 5.02 Å². The minimum Gasteiger partial charge on any atom is -0.377 e. The smallest absolute Gasteiger partial charge is 0.152 e. The first-order chi connectivity index (χ1) is 8.86. The minimum absolute atomic E-state index is 0.0801. The van der Waals surface area contributed by atoms with Gasteiger partial charge in [-0.1, -0.05) is 11.6 Å². The van der Waals surface area contributed by atoms with Crippen LogP contribution in [0.4, 0.5) is 5.69 Å². The number of rotatable bonds is 3. The van der Waals surface area contributed by atoms with E-state index in [1.165, 1.54) is 0 Å². The zero-order valence-electron chi connectivity index (χ0n) is 10.3. The molecule has 1 saturated heterocycles. The van der Waals surface area contributed by atoms with Crippen LogP contribution in [0.15, 0.2) is 22.7 Å². The molecule has 106 valence electrons. The fourth-order valence-electron chi connectivity index (χ4n) is 2.39. The highest BCUT2D eigenvalue weighted by atomic mass is 79.9. The molecule has 1 unspecified atom stereocenters. The maximum Gasteiger partial charge on any atom is 0.152 e. The summed E-state index contributed by atoms with van der Waals surface area (Å²) in [5.41, 5.74) is 6.05. The molecule has 0 spiro atoms. The third kappa shape index (κ3) is 3.62. The average molecular weight is 368 g/mol. The summed E-state index contributed by atoms with van der Waals surface area (Å²) in [6, 6.07) is 5.42. The quantitative estimate of drug-likeness (QED) is 0.860. The maximum atomic E-state index is 11.8. The van der Waals surface area contributed by atoms with E-state index in [1.54, 1.807) is 6.07 Å². The molecule has 1 fully saturated rings. The first kappa shape index (κ1) is 15.1. The molecule has 0 aromatic heterocycles. The van der Waals surface area contributed by atoms with Crippen molar-refractivity contribution in [2.75, 3.05) is 23.4 Å². The SMILES string of the molecule is NCC1(Nc2ccc(Cl)c(Br)c2)CCCS(=O)(=O)C1. The van der Waals surface area contributed by atoms with Crippen LogP contribution in [-0.4, -0.2) is 32.0 Å². The van der Waals surface area contributed by atoms with Crippen LogP contribution in [0.25, 0.3) is 0 Å². The standard InChI is InChI=1S/C12H16BrClN2O2S/c13-10-6-9(2-3-11(10)14)16-12(7-15)4-1-5-19(17,18)8-12/h2-3,6,16H,1,4-5,7-8,15H2. The number of halogens is 2. The Hall–Kier alpha value is -0.300. The van der Waals surface area contributed by atoms with Crippen molar-refractivity contribution < 1.29 is 8.42 Å². The third-order valence-electron chi connectivity index (χ3n) is 3.33. The van der Waals surface area contributed by atoms with Gasteiger partial charge in [-0.05, 0) is 47.0 Å². The van der Waals surface area contributed by atoms with E-state index in [1.807, 2.05) is 12.1 Å². The molecule has 1 aromatic rings. The van der Waals surface area contributed by atoms with Gasteiger partial charge in [0.2, 0.25) is 0 Å². The third-order valence-corrected chi connectivity index (χ3v) is 6.44. The van der Waals surface area contributed by atoms with Gasteiger partial charge < -0.3 is 11.1 Å². The van der Waals surface area contributed by atoms with Crippen LogP contribution in [0.5, 0.6) is 0 Å². The van der Waals surface area contributed by atoms with E-state index in [0.29, 0.717) is 11.4 Å². The Labute approximate surface area is 126 Å². The van der Waals surface area contributed by atoms with Gasteiger partial charge in [0, 0.05) is 16.7 Å². The summed E-state index contributed by atoms with van der Waals surface area (Å²) >= 11 is 9.29. The van der Waals surface area contributed by atoms with Crippen LogP contribution in [0.1, 0.15) is 12.8 Å². The van der Waals surface area contributed by atoms with Gasteiger partial charge in [0.1, 0.15) is 0 Å². The second-order valence-corrected chi connectivity index (χ2v) is 8.38. The number of hydrogen-bond acceptors (Lipinski definition) is 4. The van der Waals surface area contributed by atoms with Crippen LogP contribution in [0, 0.1) is 0 Å². The van der Waals surface area contributed by atoms with Gasteiger partial charge in [0.25, 0.3) is 0 Å². The van der Waals surface area contributed by atoms with Gasteiger partial charge in [0.05, 0.1) is 22.1 Å². The van der Waals surface area contributed by atoms with E-state index in [9.17, 15) is 8.42 Å². The monoisotopic (exact) mass is 366 g/mol. The summed E-state index contributed by atoms with van der Waals surface area (Å²) in [4.78, 5) is 0. The lowest BCUT2D eigenvalue weighted by molar-refractivity contribution is 0.450. The summed E-state index contributed by atoms with van der Waals surface area (Å²) in [5, 5.41) is 3.89. The van der Waals surface area contributed by atoms with E-state index < -0.39 is 15.4 Å². The Morgan fingerprint density at radius 3 is 2.79 bits per heavy atom. The number of nitrogens with one attached hydrogen (secondary N) is 1. The Balaban J connectivity index is 2.25. The topological polar surface area (TPSA) is 72.2 Å². The van der Waals surface area contributed by atoms with Gasteiger partial charge in [-0.25, -0.2) is 8.42 Å². The number of nitrogens with two attached hydrogens (primary N) is 1. The number of benzene rings is 1. The molecule has 1 aromatic carbocycles. The van der Waals surface area contributed by atoms with Crippen molar-refractivity contribution in [3.63, 3.8) is 0 Å². The second kappa shape index (κ2) is 5.60. The number of anilines is 1. The normalized spacial score (nSPS) is 26.1.